The highest BCUT2D eigenvalue weighted by Crippen LogP contribution is 2.25. The molecule has 0 saturated heterocycles. The molecule has 1 unspecified atom stereocenters. The maximum absolute atomic E-state index is 12.2. The first kappa shape index (κ1) is 14.0. The number of β-amino-alcohol motifs (C(OH)–C–C–N with tert-alkyl or cyclic N) is 1. The molecule has 0 bridgehead atoms. The second-order valence-corrected chi connectivity index (χ2v) is 5.02. The van der Waals surface area contributed by atoms with Gasteiger partial charge in [0, 0.05) is 0 Å². The molecule has 0 spiro atoms. The van der Waals surface area contributed by atoms with Gasteiger partial charge in [0.05, 0.1) is 35.4 Å². The van der Waals surface area contributed by atoms with E-state index in [2.05, 4.69) is 0 Å². The fourth-order valence-electron chi connectivity index (χ4n) is 2.46. The molecule has 22 heavy (non-hydrogen) atoms. The largest absolute Gasteiger partial charge is 0.387 e. The summed E-state index contributed by atoms with van der Waals surface area (Å²) >= 11 is 0. The molecule has 0 aliphatic carbocycles. The Kier molecular flexibility index (Phi) is 3.45. The van der Waals surface area contributed by atoms with Crippen LogP contribution in [0.4, 0.5) is 0 Å². The molecule has 2 aromatic carbocycles. The molecule has 2 aromatic rings. The van der Waals surface area contributed by atoms with Crippen LogP contribution < -0.4 is 0 Å². The van der Waals surface area contributed by atoms with E-state index >= 15 is 0 Å². The number of rotatable bonds is 3. The SMILES string of the molecule is N#Cc1ccc(C(O)CN2C(=O)c3ccccc3C2=O)cc1. The van der Waals surface area contributed by atoms with Crippen molar-refractivity contribution < 1.29 is 14.7 Å². The van der Waals surface area contributed by atoms with Crippen LogP contribution in [0.15, 0.2) is 48.5 Å². The summed E-state index contributed by atoms with van der Waals surface area (Å²) in [5, 5.41) is 19.0. The zero-order chi connectivity index (χ0) is 15.7. The summed E-state index contributed by atoms with van der Waals surface area (Å²) < 4.78 is 0. The highest BCUT2D eigenvalue weighted by atomic mass is 16.3. The van der Waals surface area contributed by atoms with Gasteiger partial charge < -0.3 is 5.11 Å². The first-order valence-electron chi connectivity index (χ1n) is 6.75. The van der Waals surface area contributed by atoms with Crippen LogP contribution in [0.5, 0.6) is 0 Å². The molecule has 0 fully saturated rings. The van der Waals surface area contributed by atoms with E-state index in [0.29, 0.717) is 22.3 Å². The number of nitriles is 1. The van der Waals surface area contributed by atoms with Crippen molar-refractivity contribution in [2.75, 3.05) is 6.54 Å². The molecule has 5 nitrogen and oxygen atoms in total. The first-order chi connectivity index (χ1) is 10.6. The molecule has 1 aliphatic heterocycles. The number of benzene rings is 2. The summed E-state index contributed by atoms with van der Waals surface area (Å²) in [6.45, 7) is -0.113. The van der Waals surface area contributed by atoms with Crippen LogP contribution in [0.2, 0.25) is 0 Å². The van der Waals surface area contributed by atoms with Gasteiger partial charge in [0.25, 0.3) is 11.8 Å². The van der Waals surface area contributed by atoms with Crippen molar-refractivity contribution in [3.63, 3.8) is 0 Å². The van der Waals surface area contributed by atoms with E-state index in [1.54, 1.807) is 48.5 Å². The fraction of sp³-hybridized carbons (Fsp3) is 0.118. The standard InChI is InChI=1S/C17H12N2O3/c18-9-11-5-7-12(8-6-11)15(20)10-19-16(21)13-3-1-2-4-14(13)17(19)22/h1-8,15,20H,10H2. The van der Waals surface area contributed by atoms with Gasteiger partial charge in [-0.2, -0.15) is 5.26 Å². The number of carbonyl (C=O) groups excluding carboxylic acids is 2. The van der Waals surface area contributed by atoms with Gasteiger partial charge in [-0.25, -0.2) is 0 Å². The minimum absolute atomic E-state index is 0.113. The quantitative estimate of drug-likeness (QED) is 0.876. The Hall–Kier alpha value is -2.97. The molecular weight excluding hydrogens is 280 g/mol. The Balaban J connectivity index is 1.80. The number of imide groups is 1. The van der Waals surface area contributed by atoms with Crippen molar-refractivity contribution in [2.24, 2.45) is 0 Å². The zero-order valence-corrected chi connectivity index (χ0v) is 11.6. The molecule has 0 saturated carbocycles. The minimum Gasteiger partial charge on any atom is -0.387 e. The van der Waals surface area contributed by atoms with Gasteiger partial charge in [-0.05, 0) is 29.8 Å². The number of aliphatic hydroxyl groups excluding tert-OH is 1. The van der Waals surface area contributed by atoms with Gasteiger partial charge in [-0.15, -0.1) is 0 Å². The Morgan fingerprint density at radius 2 is 1.55 bits per heavy atom. The van der Waals surface area contributed by atoms with Crippen molar-refractivity contribution >= 4 is 11.8 Å². The molecule has 1 atom stereocenters. The van der Waals surface area contributed by atoms with Crippen LogP contribution in [-0.4, -0.2) is 28.4 Å². The van der Waals surface area contributed by atoms with Crippen molar-refractivity contribution in [3.8, 4) is 6.07 Å². The highest BCUT2D eigenvalue weighted by Gasteiger charge is 2.36. The van der Waals surface area contributed by atoms with Crippen LogP contribution in [-0.2, 0) is 0 Å². The van der Waals surface area contributed by atoms with Crippen LogP contribution in [0, 0.1) is 11.3 Å². The minimum atomic E-state index is -0.991. The molecular formula is C17H12N2O3. The van der Waals surface area contributed by atoms with Gasteiger partial charge in [0.2, 0.25) is 0 Å². The number of hydrogen-bond acceptors (Lipinski definition) is 4. The lowest BCUT2D eigenvalue weighted by molar-refractivity contribution is 0.0543. The zero-order valence-electron chi connectivity index (χ0n) is 11.6. The summed E-state index contributed by atoms with van der Waals surface area (Å²) in [5.74, 6) is -0.790. The summed E-state index contributed by atoms with van der Waals surface area (Å²) in [7, 11) is 0. The predicted molar refractivity (Wildman–Crippen MR) is 77.9 cm³/mol. The smallest absolute Gasteiger partial charge is 0.261 e. The second-order valence-electron chi connectivity index (χ2n) is 5.02. The third kappa shape index (κ3) is 2.26. The van der Waals surface area contributed by atoms with Gasteiger partial charge in [-0.3, -0.25) is 14.5 Å². The lowest BCUT2D eigenvalue weighted by Gasteiger charge is -2.18. The summed E-state index contributed by atoms with van der Waals surface area (Å²) in [4.78, 5) is 25.5. The maximum Gasteiger partial charge on any atom is 0.261 e. The predicted octanol–water partition coefficient (Wildman–Crippen LogP) is 1.89. The van der Waals surface area contributed by atoms with Gasteiger partial charge >= 0.3 is 0 Å². The van der Waals surface area contributed by atoms with Crippen molar-refractivity contribution in [3.05, 3.63) is 70.8 Å². The Bertz CT molecular complexity index is 755. The molecule has 1 heterocycles. The molecule has 2 amide bonds. The molecule has 0 radical (unpaired) electrons. The van der Waals surface area contributed by atoms with E-state index in [0.717, 1.165) is 4.90 Å². The number of carbonyl (C=O) groups is 2. The molecule has 1 aliphatic rings. The topological polar surface area (TPSA) is 81.4 Å². The lowest BCUT2D eigenvalue weighted by atomic mass is 10.1. The molecule has 1 N–H and O–H groups in total. The van der Waals surface area contributed by atoms with Crippen molar-refractivity contribution in [1.82, 2.24) is 4.90 Å². The number of hydrogen-bond donors (Lipinski definition) is 1. The number of aliphatic hydroxyl groups is 1. The third-order valence-corrected chi connectivity index (χ3v) is 3.66. The van der Waals surface area contributed by atoms with E-state index in [-0.39, 0.29) is 6.54 Å². The lowest BCUT2D eigenvalue weighted by Crippen LogP contribution is -2.33. The summed E-state index contributed by atoms with van der Waals surface area (Å²) in [6.07, 6.45) is -0.991. The maximum atomic E-state index is 12.2. The Morgan fingerprint density at radius 3 is 2.05 bits per heavy atom. The number of nitrogens with zero attached hydrogens (tertiary/aromatic N) is 2. The molecule has 3 rings (SSSR count). The molecule has 0 aromatic heterocycles. The monoisotopic (exact) mass is 292 g/mol. The van der Waals surface area contributed by atoms with Gasteiger partial charge in [0.1, 0.15) is 0 Å². The second kappa shape index (κ2) is 5.43. The third-order valence-electron chi connectivity index (χ3n) is 3.66. The van der Waals surface area contributed by atoms with E-state index in [9.17, 15) is 14.7 Å². The fourth-order valence-corrected chi connectivity index (χ4v) is 2.46. The van der Waals surface area contributed by atoms with E-state index in [1.165, 1.54) is 0 Å². The van der Waals surface area contributed by atoms with Gasteiger partial charge in [-0.1, -0.05) is 24.3 Å². The van der Waals surface area contributed by atoms with E-state index < -0.39 is 17.9 Å². The summed E-state index contributed by atoms with van der Waals surface area (Å²) in [5.41, 5.74) is 1.76. The normalized spacial score (nSPS) is 14.6. The summed E-state index contributed by atoms with van der Waals surface area (Å²) in [6, 6.07) is 15.0. The average molecular weight is 292 g/mol. The highest BCUT2D eigenvalue weighted by molar-refractivity contribution is 6.21. The van der Waals surface area contributed by atoms with Crippen LogP contribution in [0.3, 0.4) is 0 Å². The molecule has 5 heteroatoms. The van der Waals surface area contributed by atoms with Gasteiger partial charge in [0.15, 0.2) is 0 Å². The Labute approximate surface area is 127 Å². The average Bonchev–Trinajstić information content (AvgIpc) is 2.80. The first-order valence-corrected chi connectivity index (χ1v) is 6.75. The number of fused-ring (bicyclic) bond motifs is 1. The van der Waals surface area contributed by atoms with Crippen LogP contribution in [0.1, 0.15) is 37.9 Å². The van der Waals surface area contributed by atoms with E-state index in [1.807, 2.05) is 6.07 Å². The van der Waals surface area contributed by atoms with Crippen LogP contribution in [0.25, 0.3) is 0 Å². The van der Waals surface area contributed by atoms with Crippen molar-refractivity contribution in [2.45, 2.75) is 6.10 Å². The van der Waals surface area contributed by atoms with Crippen LogP contribution >= 0.6 is 0 Å². The van der Waals surface area contributed by atoms with E-state index in [4.69, 9.17) is 5.26 Å². The molecule has 108 valence electrons. The van der Waals surface area contributed by atoms with Crippen molar-refractivity contribution in [1.29, 1.82) is 5.26 Å². The Morgan fingerprint density at radius 1 is 1.00 bits per heavy atom. The number of amides is 2.